The van der Waals surface area contributed by atoms with Gasteiger partial charge in [-0.25, -0.2) is 13.2 Å². The van der Waals surface area contributed by atoms with Crippen LogP contribution in [0.25, 0.3) is 0 Å². The third kappa shape index (κ3) is 3.76. The van der Waals surface area contributed by atoms with Gasteiger partial charge in [0, 0.05) is 19.3 Å². The first kappa shape index (κ1) is 16.3. The van der Waals surface area contributed by atoms with Gasteiger partial charge in [-0.1, -0.05) is 30.3 Å². The smallest absolute Gasteiger partial charge is 0.410 e. The Bertz CT molecular complexity index is 657. The summed E-state index contributed by atoms with van der Waals surface area (Å²) in [5.41, 5.74) is 0.796. The Morgan fingerprint density at radius 2 is 1.91 bits per heavy atom. The lowest BCUT2D eigenvalue weighted by molar-refractivity contribution is -0.141. The summed E-state index contributed by atoms with van der Waals surface area (Å²) >= 11 is 0. The van der Waals surface area contributed by atoms with Crippen LogP contribution in [0.2, 0.25) is 0 Å². The van der Waals surface area contributed by atoms with Gasteiger partial charge in [-0.2, -0.15) is 0 Å². The number of hydrogen-bond acceptors (Lipinski definition) is 5. The molecule has 1 aliphatic rings. The van der Waals surface area contributed by atoms with Gasteiger partial charge in [0.2, 0.25) is 0 Å². The number of carboxylic acids is 1. The van der Waals surface area contributed by atoms with Gasteiger partial charge in [0.25, 0.3) is 0 Å². The number of carbonyl (C=O) groups excluding carboxylic acids is 1. The molecular formula is C14H17NO6S. The number of hydrogen-bond donors (Lipinski definition) is 1. The third-order valence-corrected chi connectivity index (χ3v) is 5.17. The monoisotopic (exact) mass is 327 g/mol. The van der Waals surface area contributed by atoms with E-state index in [9.17, 15) is 18.0 Å². The van der Waals surface area contributed by atoms with Crippen LogP contribution < -0.4 is 0 Å². The number of carboxylic acid groups (broad SMARTS) is 1. The summed E-state index contributed by atoms with van der Waals surface area (Å²) in [6.07, 6.45) is 0.271. The molecule has 2 unspecified atom stereocenters. The van der Waals surface area contributed by atoms with E-state index in [4.69, 9.17) is 9.84 Å². The molecular weight excluding hydrogens is 310 g/mol. The first-order valence-corrected chi connectivity index (χ1v) is 8.62. The summed E-state index contributed by atoms with van der Waals surface area (Å²) in [5, 5.41) is 8.01. The summed E-state index contributed by atoms with van der Waals surface area (Å²) < 4.78 is 28.4. The standard InChI is InChI=1S/C14H17NO6S/c1-22(19,20)12-8-15(7-11(12)13(16)17)14(18)21-9-10-5-3-2-4-6-10/h2-6,11-12H,7-9H2,1H3,(H,16,17). The average molecular weight is 327 g/mol. The Balaban J connectivity index is 2.01. The zero-order valence-electron chi connectivity index (χ0n) is 12.0. The van der Waals surface area contributed by atoms with E-state index in [1.165, 1.54) is 0 Å². The van der Waals surface area contributed by atoms with Gasteiger partial charge in [0.05, 0.1) is 11.2 Å². The van der Waals surface area contributed by atoms with Crippen molar-refractivity contribution in [1.82, 2.24) is 4.90 Å². The topological polar surface area (TPSA) is 101 Å². The third-order valence-electron chi connectivity index (χ3n) is 3.60. The highest BCUT2D eigenvalue weighted by Crippen LogP contribution is 2.24. The van der Waals surface area contributed by atoms with E-state index in [0.29, 0.717) is 0 Å². The zero-order valence-corrected chi connectivity index (χ0v) is 12.8. The molecule has 2 atom stereocenters. The van der Waals surface area contributed by atoms with Crippen LogP contribution in [-0.2, 0) is 26.0 Å². The van der Waals surface area contributed by atoms with E-state index >= 15 is 0 Å². The number of ether oxygens (including phenoxy) is 1. The predicted octanol–water partition coefficient (Wildman–Crippen LogP) is 0.753. The minimum Gasteiger partial charge on any atom is -0.481 e. The van der Waals surface area contributed by atoms with Crippen LogP contribution in [-0.4, -0.2) is 55.1 Å². The Kier molecular flexibility index (Phi) is 4.70. The summed E-state index contributed by atoms with van der Waals surface area (Å²) in [7, 11) is -3.56. The molecule has 0 bridgehead atoms. The van der Waals surface area contributed by atoms with Crippen molar-refractivity contribution < 1.29 is 27.9 Å². The lowest BCUT2D eigenvalue weighted by Gasteiger charge is -2.15. The van der Waals surface area contributed by atoms with Gasteiger partial charge in [0.15, 0.2) is 9.84 Å². The first-order chi connectivity index (χ1) is 10.3. The fourth-order valence-corrected chi connectivity index (χ4v) is 3.65. The number of likely N-dealkylation sites (tertiary alicyclic amines) is 1. The van der Waals surface area contributed by atoms with Crippen LogP contribution in [0.1, 0.15) is 5.56 Å². The van der Waals surface area contributed by atoms with Crippen LogP contribution in [0.5, 0.6) is 0 Å². The second-order valence-electron chi connectivity index (χ2n) is 5.26. The van der Waals surface area contributed by atoms with Gasteiger partial charge in [-0.15, -0.1) is 0 Å². The minimum atomic E-state index is -3.56. The van der Waals surface area contributed by atoms with Gasteiger partial charge < -0.3 is 14.7 Å². The summed E-state index contributed by atoms with van der Waals surface area (Å²) in [6.45, 7) is -0.276. The van der Waals surface area contributed by atoms with Crippen LogP contribution >= 0.6 is 0 Å². The number of sulfone groups is 1. The lowest BCUT2D eigenvalue weighted by Crippen LogP contribution is -2.33. The van der Waals surface area contributed by atoms with Crippen molar-refractivity contribution in [3.8, 4) is 0 Å². The molecule has 1 saturated heterocycles. The van der Waals surface area contributed by atoms with Crippen molar-refractivity contribution in [2.75, 3.05) is 19.3 Å². The summed E-state index contributed by atoms with van der Waals surface area (Å²) in [4.78, 5) is 24.3. The molecule has 0 aromatic heterocycles. The van der Waals surface area contributed by atoms with Crippen molar-refractivity contribution in [3.63, 3.8) is 0 Å². The van der Waals surface area contributed by atoms with Gasteiger partial charge >= 0.3 is 12.1 Å². The maximum Gasteiger partial charge on any atom is 0.410 e. The molecule has 1 aromatic carbocycles. The molecule has 7 nitrogen and oxygen atoms in total. The highest BCUT2D eigenvalue weighted by Gasteiger charge is 2.45. The highest BCUT2D eigenvalue weighted by molar-refractivity contribution is 7.91. The maximum absolute atomic E-state index is 12.0. The molecule has 1 aliphatic heterocycles. The van der Waals surface area contributed by atoms with Crippen LogP contribution in [0, 0.1) is 5.92 Å². The quantitative estimate of drug-likeness (QED) is 0.876. The molecule has 1 aromatic rings. The molecule has 0 aliphatic carbocycles. The summed E-state index contributed by atoms with van der Waals surface area (Å²) in [6, 6.07) is 9.02. The SMILES string of the molecule is CS(=O)(=O)C1CN(C(=O)OCc2ccccc2)CC1C(=O)O. The highest BCUT2D eigenvalue weighted by atomic mass is 32.2. The number of carbonyl (C=O) groups is 2. The molecule has 0 saturated carbocycles. The molecule has 8 heteroatoms. The Morgan fingerprint density at radius 1 is 1.27 bits per heavy atom. The van der Waals surface area contributed by atoms with Gasteiger partial charge in [-0.3, -0.25) is 4.79 Å². The zero-order chi connectivity index (χ0) is 16.3. The van der Waals surface area contributed by atoms with E-state index in [2.05, 4.69) is 0 Å². The van der Waals surface area contributed by atoms with Crippen LogP contribution in [0.4, 0.5) is 4.79 Å². The molecule has 1 fully saturated rings. The lowest BCUT2D eigenvalue weighted by atomic mass is 10.1. The fraction of sp³-hybridized carbons (Fsp3) is 0.429. The Morgan fingerprint density at radius 3 is 2.41 bits per heavy atom. The van der Waals surface area contributed by atoms with Crippen molar-refractivity contribution in [3.05, 3.63) is 35.9 Å². The van der Waals surface area contributed by atoms with Gasteiger partial charge in [0.1, 0.15) is 6.61 Å². The molecule has 2 rings (SSSR count). The Labute approximate surface area is 128 Å². The normalized spacial score (nSPS) is 21.6. The molecule has 0 spiro atoms. The van der Waals surface area contributed by atoms with Crippen molar-refractivity contribution >= 4 is 21.9 Å². The largest absolute Gasteiger partial charge is 0.481 e. The van der Waals surface area contributed by atoms with Crippen LogP contribution in [0.15, 0.2) is 30.3 Å². The van der Waals surface area contributed by atoms with E-state index in [0.717, 1.165) is 16.7 Å². The average Bonchev–Trinajstić information content (AvgIpc) is 2.91. The van der Waals surface area contributed by atoms with Crippen LogP contribution in [0.3, 0.4) is 0 Å². The second-order valence-corrected chi connectivity index (χ2v) is 7.52. The first-order valence-electron chi connectivity index (χ1n) is 6.66. The number of rotatable bonds is 4. The molecule has 1 heterocycles. The number of amides is 1. The number of aliphatic carboxylic acids is 1. The van der Waals surface area contributed by atoms with E-state index < -0.39 is 33.1 Å². The van der Waals surface area contributed by atoms with Crippen molar-refractivity contribution in [2.45, 2.75) is 11.9 Å². The van der Waals surface area contributed by atoms with Crippen molar-refractivity contribution in [2.24, 2.45) is 5.92 Å². The van der Waals surface area contributed by atoms with Crippen molar-refractivity contribution in [1.29, 1.82) is 0 Å². The summed E-state index contributed by atoms with van der Waals surface area (Å²) in [5.74, 6) is -2.35. The molecule has 120 valence electrons. The van der Waals surface area contributed by atoms with Gasteiger partial charge in [-0.05, 0) is 5.56 Å². The predicted molar refractivity (Wildman–Crippen MR) is 78.0 cm³/mol. The minimum absolute atomic E-state index is 0.0530. The maximum atomic E-state index is 12.0. The van der Waals surface area contributed by atoms with E-state index in [1.807, 2.05) is 6.07 Å². The van der Waals surface area contributed by atoms with E-state index in [-0.39, 0.29) is 19.7 Å². The molecule has 1 amide bonds. The molecule has 22 heavy (non-hydrogen) atoms. The Hall–Kier alpha value is -2.09. The molecule has 0 radical (unpaired) electrons. The second kappa shape index (κ2) is 6.35. The fourth-order valence-electron chi connectivity index (χ4n) is 2.40. The van der Waals surface area contributed by atoms with E-state index in [1.54, 1.807) is 24.3 Å². The number of nitrogens with zero attached hydrogens (tertiary/aromatic N) is 1. The molecule has 1 N–H and O–H groups in total. The number of benzene rings is 1.